The average molecular weight is 420 g/mol. The normalized spacial score (nSPS) is 10.7. The molecule has 3 aromatic rings. The quantitative estimate of drug-likeness (QED) is 0.230. The van der Waals surface area contributed by atoms with Gasteiger partial charge in [0, 0.05) is 25.0 Å². The van der Waals surface area contributed by atoms with Crippen LogP contribution in [-0.2, 0) is 16.1 Å². The first-order valence-corrected chi connectivity index (χ1v) is 9.13. The zero-order chi connectivity index (χ0) is 20.8. The van der Waals surface area contributed by atoms with E-state index in [-0.39, 0.29) is 35.0 Å². The number of benzene rings is 2. The lowest BCUT2D eigenvalue weighted by Crippen LogP contribution is -2.10. The molecule has 0 aliphatic carbocycles. The number of nitro benzene ring substituents is 1. The van der Waals surface area contributed by atoms with Crippen molar-refractivity contribution in [2.75, 3.05) is 23.8 Å². The highest BCUT2D eigenvalue weighted by Crippen LogP contribution is 2.37. The Morgan fingerprint density at radius 3 is 2.72 bits per heavy atom. The molecule has 0 fully saturated rings. The second kappa shape index (κ2) is 9.20. The second-order valence-corrected chi connectivity index (χ2v) is 6.51. The summed E-state index contributed by atoms with van der Waals surface area (Å²) in [6, 6.07) is 8.91. The third kappa shape index (κ3) is 4.91. The molecule has 29 heavy (non-hydrogen) atoms. The van der Waals surface area contributed by atoms with Gasteiger partial charge >= 0.3 is 11.7 Å². The van der Waals surface area contributed by atoms with Crippen LogP contribution in [0.3, 0.4) is 0 Å². The summed E-state index contributed by atoms with van der Waals surface area (Å²) in [5.41, 5.74) is 1.65. The first-order chi connectivity index (χ1) is 14.0. The number of nitrogens with zero attached hydrogens (tertiary/aromatic N) is 3. The summed E-state index contributed by atoms with van der Waals surface area (Å²) in [6.07, 6.45) is 0.480. The van der Waals surface area contributed by atoms with Crippen LogP contribution in [-0.4, -0.2) is 34.4 Å². The van der Waals surface area contributed by atoms with Crippen molar-refractivity contribution in [2.24, 2.45) is 0 Å². The van der Waals surface area contributed by atoms with Crippen LogP contribution in [0.5, 0.6) is 0 Å². The van der Waals surface area contributed by atoms with Gasteiger partial charge in [-0.05, 0) is 34.4 Å². The Kier molecular flexibility index (Phi) is 6.45. The maximum Gasteiger partial charge on any atom is 0.323 e. The largest absolute Gasteiger partial charge is 0.466 e. The van der Waals surface area contributed by atoms with Gasteiger partial charge in [0.05, 0.1) is 17.2 Å². The van der Waals surface area contributed by atoms with Crippen molar-refractivity contribution < 1.29 is 19.1 Å². The summed E-state index contributed by atoms with van der Waals surface area (Å²) in [5.74, 6) is -0.378. The first kappa shape index (κ1) is 20.3. The Morgan fingerprint density at radius 2 is 2.00 bits per heavy atom. The molecule has 2 aromatic carbocycles. The monoisotopic (exact) mass is 419 g/mol. The van der Waals surface area contributed by atoms with Gasteiger partial charge in [-0.3, -0.25) is 14.9 Å². The van der Waals surface area contributed by atoms with Crippen LogP contribution in [0.25, 0.3) is 11.0 Å². The van der Waals surface area contributed by atoms with E-state index in [2.05, 4.69) is 20.9 Å². The van der Waals surface area contributed by atoms with Gasteiger partial charge in [-0.1, -0.05) is 29.8 Å². The predicted octanol–water partition coefficient (Wildman–Crippen LogP) is 3.76. The molecule has 0 saturated heterocycles. The van der Waals surface area contributed by atoms with Crippen LogP contribution in [0.1, 0.15) is 18.9 Å². The van der Waals surface area contributed by atoms with E-state index in [4.69, 9.17) is 21.0 Å². The van der Waals surface area contributed by atoms with Gasteiger partial charge in [0.15, 0.2) is 5.52 Å². The molecule has 0 spiro atoms. The molecule has 0 aliphatic heterocycles. The Balaban J connectivity index is 1.84. The molecular formula is C18H18ClN5O5. The molecule has 2 N–H and O–H groups in total. The smallest absolute Gasteiger partial charge is 0.323 e. The van der Waals surface area contributed by atoms with E-state index in [1.165, 1.54) is 6.92 Å². The van der Waals surface area contributed by atoms with Crippen LogP contribution in [0.15, 0.2) is 35.0 Å². The van der Waals surface area contributed by atoms with Crippen LogP contribution < -0.4 is 10.6 Å². The Hall–Kier alpha value is -3.40. The molecule has 0 amide bonds. The van der Waals surface area contributed by atoms with E-state index < -0.39 is 4.92 Å². The third-order valence-electron chi connectivity index (χ3n) is 4.06. The van der Waals surface area contributed by atoms with E-state index in [1.807, 2.05) is 18.2 Å². The maximum atomic E-state index is 11.6. The fraction of sp³-hybridized carbons (Fsp3) is 0.278. The number of anilines is 2. The summed E-state index contributed by atoms with van der Waals surface area (Å²) in [6.45, 7) is 2.27. The molecule has 0 unspecified atom stereocenters. The minimum Gasteiger partial charge on any atom is -0.466 e. The topological polar surface area (TPSA) is 132 Å². The van der Waals surface area contributed by atoms with Gasteiger partial charge < -0.3 is 15.4 Å². The number of hydrogen-bond donors (Lipinski definition) is 2. The van der Waals surface area contributed by atoms with Gasteiger partial charge in [0.25, 0.3) is 0 Å². The molecule has 3 rings (SSSR count). The van der Waals surface area contributed by atoms with Crippen molar-refractivity contribution in [2.45, 2.75) is 19.9 Å². The molecule has 1 aromatic heterocycles. The van der Waals surface area contributed by atoms with Crippen LogP contribution in [0, 0.1) is 10.1 Å². The number of nitrogens with one attached hydrogen (secondary N) is 2. The highest BCUT2D eigenvalue weighted by molar-refractivity contribution is 6.31. The van der Waals surface area contributed by atoms with E-state index in [9.17, 15) is 14.9 Å². The molecule has 0 aliphatic rings. The van der Waals surface area contributed by atoms with Crippen molar-refractivity contribution in [1.29, 1.82) is 0 Å². The number of rotatable bonds is 9. The lowest BCUT2D eigenvalue weighted by molar-refractivity contribution is -0.382. The van der Waals surface area contributed by atoms with Gasteiger partial charge in [-0.15, -0.1) is 0 Å². The third-order valence-corrected chi connectivity index (χ3v) is 4.43. The van der Waals surface area contributed by atoms with Gasteiger partial charge in [0.2, 0.25) is 5.52 Å². The number of halogens is 1. The fourth-order valence-electron chi connectivity index (χ4n) is 2.73. The zero-order valence-electron chi connectivity index (χ0n) is 15.5. The van der Waals surface area contributed by atoms with Crippen molar-refractivity contribution in [3.63, 3.8) is 0 Å². The van der Waals surface area contributed by atoms with Crippen LogP contribution >= 0.6 is 11.6 Å². The van der Waals surface area contributed by atoms with E-state index >= 15 is 0 Å². The van der Waals surface area contributed by atoms with E-state index in [0.29, 0.717) is 30.2 Å². The maximum absolute atomic E-state index is 11.6. The Bertz CT molecular complexity index is 1040. The SMILES string of the molecule is CC(=O)OCCCNc1cc(NCc2ccccc2Cl)c2nonc2c1[N+](=O)[O-]. The number of fused-ring (bicyclic) bond motifs is 1. The van der Waals surface area contributed by atoms with Crippen LogP contribution in [0.4, 0.5) is 17.1 Å². The number of carbonyl (C=O) groups excluding carboxylic acids is 1. The van der Waals surface area contributed by atoms with Crippen molar-refractivity contribution >= 4 is 45.7 Å². The molecule has 0 bridgehead atoms. The van der Waals surface area contributed by atoms with Gasteiger partial charge in [-0.25, -0.2) is 4.63 Å². The summed E-state index contributed by atoms with van der Waals surface area (Å²) in [7, 11) is 0. The summed E-state index contributed by atoms with van der Waals surface area (Å²) < 4.78 is 9.60. The Labute approximate surface area is 170 Å². The fourth-order valence-corrected chi connectivity index (χ4v) is 2.93. The number of carbonyl (C=O) groups is 1. The lowest BCUT2D eigenvalue weighted by Gasteiger charge is -2.12. The number of ether oxygens (including phenoxy) is 1. The molecular weight excluding hydrogens is 402 g/mol. The molecule has 0 saturated carbocycles. The van der Waals surface area contributed by atoms with Gasteiger partial charge in [-0.2, -0.15) is 0 Å². The summed E-state index contributed by atoms with van der Waals surface area (Å²) in [5, 5.41) is 25.9. The standard InChI is InChI=1S/C18H18ClN5O5/c1-11(25)28-8-4-7-20-15-9-14(21-10-12-5-2-3-6-13(12)19)16-17(23-29-22-16)18(15)24(26)27/h2-3,5-6,9,20-21H,4,7-8,10H2,1H3. The number of esters is 1. The Morgan fingerprint density at radius 1 is 1.24 bits per heavy atom. The molecule has 1 heterocycles. The zero-order valence-corrected chi connectivity index (χ0v) is 16.2. The molecule has 10 nitrogen and oxygen atoms in total. The highest BCUT2D eigenvalue weighted by atomic mass is 35.5. The molecule has 0 atom stereocenters. The summed E-state index contributed by atoms with van der Waals surface area (Å²) >= 11 is 6.18. The first-order valence-electron chi connectivity index (χ1n) is 8.75. The van der Waals surface area contributed by atoms with Crippen molar-refractivity contribution in [3.05, 3.63) is 51.0 Å². The van der Waals surface area contributed by atoms with Crippen molar-refractivity contribution in [1.82, 2.24) is 10.3 Å². The molecule has 0 radical (unpaired) electrons. The van der Waals surface area contributed by atoms with Crippen molar-refractivity contribution in [3.8, 4) is 0 Å². The van der Waals surface area contributed by atoms with Gasteiger partial charge in [0.1, 0.15) is 5.69 Å². The predicted molar refractivity (Wildman–Crippen MR) is 107 cm³/mol. The molecule has 11 heteroatoms. The number of nitro groups is 1. The average Bonchev–Trinajstić information content (AvgIpc) is 3.15. The van der Waals surface area contributed by atoms with Crippen LogP contribution in [0.2, 0.25) is 5.02 Å². The van der Waals surface area contributed by atoms with E-state index in [0.717, 1.165) is 5.56 Å². The number of aromatic nitrogens is 2. The minimum absolute atomic E-state index is 0.0293. The van der Waals surface area contributed by atoms with E-state index in [1.54, 1.807) is 12.1 Å². The minimum atomic E-state index is -0.543. The highest BCUT2D eigenvalue weighted by Gasteiger charge is 2.25. The lowest BCUT2D eigenvalue weighted by atomic mass is 10.1. The molecule has 152 valence electrons. The summed E-state index contributed by atoms with van der Waals surface area (Å²) in [4.78, 5) is 21.9. The second-order valence-electron chi connectivity index (χ2n) is 6.10. The number of hydrogen-bond acceptors (Lipinski definition) is 9.